The number of anilines is 2. The summed E-state index contributed by atoms with van der Waals surface area (Å²) in [5.41, 5.74) is 4.46. The average Bonchev–Trinajstić information content (AvgIpc) is 3.48. The highest BCUT2D eigenvalue weighted by Gasteiger charge is 2.30. The predicted molar refractivity (Wildman–Crippen MR) is 124 cm³/mol. The fourth-order valence-corrected chi connectivity index (χ4v) is 5.90. The van der Waals surface area contributed by atoms with Gasteiger partial charge in [-0.1, -0.05) is 12.1 Å². The molecule has 1 atom stereocenters. The maximum Gasteiger partial charge on any atom is 0.238 e. The number of fused-ring (bicyclic) bond motifs is 1. The summed E-state index contributed by atoms with van der Waals surface area (Å²) in [6.45, 7) is 5.75. The Kier molecular flexibility index (Phi) is 5.44. The van der Waals surface area contributed by atoms with Crippen LogP contribution in [0, 0.1) is 6.92 Å². The Balaban J connectivity index is 1.25. The van der Waals surface area contributed by atoms with Gasteiger partial charge in [0.2, 0.25) is 5.91 Å². The number of likely N-dealkylation sites (tertiary alicyclic amines) is 1. The second-order valence-electron chi connectivity index (χ2n) is 8.39. The standard InChI is InChI=1S/C24H28N4OS/c1-17-15-18(10-11-20(17)27-12-4-5-13-27)25-23(29)16-28-14-6-8-21(28)24-26-19-7-2-3-9-22(19)30-24/h2-3,7,9-11,15,21H,4-6,8,12-14,16H2,1H3,(H,25,29). The molecule has 1 amide bonds. The molecule has 2 saturated heterocycles. The van der Waals surface area contributed by atoms with E-state index in [0.717, 1.165) is 48.7 Å². The van der Waals surface area contributed by atoms with Crippen LogP contribution in [0.1, 0.15) is 42.3 Å². The molecule has 3 heterocycles. The van der Waals surface area contributed by atoms with E-state index < -0.39 is 0 Å². The number of nitrogens with zero attached hydrogens (tertiary/aromatic N) is 3. The van der Waals surface area contributed by atoms with E-state index in [2.05, 4.69) is 52.4 Å². The van der Waals surface area contributed by atoms with Crippen molar-refractivity contribution in [3.05, 3.63) is 53.0 Å². The van der Waals surface area contributed by atoms with Crippen molar-refractivity contribution in [3.63, 3.8) is 0 Å². The van der Waals surface area contributed by atoms with Gasteiger partial charge in [0.1, 0.15) is 5.01 Å². The zero-order chi connectivity index (χ0) is 20.5. The molecule has 0 aliphatic carbocycles. The molecule has 0 radical (unpaired) electrons. The highest BCUT2D eigenvalue weighted by molar-refractivity contribution is 7.18. The first-order valence-electron chi connectivity index (χ1n) is 10.9. The minimum atomic E-state index is 0.0522. The lowest BCUT2D eigenvalue weighted by molar-refractivity contribution is -0.117. The summed E-state index contributed by atoms with van der Waals surface area (Å²) >= 11 is 1.76. The third-order valence-electron chi connectivity index (χ3n) is 6.23. The Morgan fingerprint density at radius 1 is 1.13 bits per heavy atom. The van der Waals surface area contributed by atoms with Gasteiger partial charge in [-0.2, -0.15) is 0 Å². The number of rotatable bonds is 5. The van der Waals surface area contributed by atoms with Crippen molar-refractivity contribution in [2.24, 2.45) is 0 Å². The fourth-order valence-electron chi connectivity index (χ4n) is 4.76. The Morgan fingerprint density at radius 3 is 2.77 bits per heavy atom. The van der Waals surface area contributed by atoms with Crippen LogP contribution in [0.15, 0.2) is 42.5 Å². The first kappa shape index (κ1) is 19.5. The Labute approximate surface area is 181 Å². The molecule has 0 saturated carbocycles. The highest BCUT2D eigenvalue weighted by atomic mass is 32.1. The van der Waals surface area contributed by atoms with Crippen LogP contribution in [0.25, 0.3) is 10.2 Å². The second-order valence-corrected chi connectivity index (χ2v) is 9.45. The van der Waals surface area contributed by atoms with Gasteiger partial charge in [0, 0.05) is 24.5 Å². The third-order valence-corrected chi connectivity index (χ3v) is 7.37. The van der Waals surface area contributed by atoms with E-state index in [4.69, 9.17) is 4.98 Å². The molecular formula is C24H28N4OS. The number of para-hydroxylation sites is 1. The number of aryl methyl sites for hydroxylation is 1. The number of amides is 1. The molecule has 2 aliphatic rings. The van der Waals surface area contributed by atoms with Gasteiger partial charge in [0.05, 0.1) is 22.8 Å². The Hall–Kier alpha value is -2.44. The van der Waals surface area contributed by atoms with Crippen LogP contribution < -0.4 is 10.2 Å². The number of carbonyl (C=O) groups excluding carboxylic acids is 1. The van der Waals surface area contributed by atoms with Gasteiger partial charge >= 0.3 is 0 Å². The minimum absolute atomic E-state index is 0.0522. The minimum Gasteiger partial charge on any atom is -0.371 e. The lowest BCUT2D eigenvalue weighted by Gasteiger charge is -2.23. The van der Waals surface area contributed by atoms with Crippen molar-refractivity contribution in [2.75, 3.05) is 36.4 Å². The molecule has 1 aromatic heterocycles. The fraction of sp³-hybridized carbons (Fsp3) is 0.417. The van der Waals surface area contributed by atoms with Crippen LogP contribution >= 0.6 is 11.3 Å². The number of hydrogen-bond acceptors (Lipinski definition) is 5. The van der Waals surface area contributed by atoms with Crippen LogP contribution in [0.2, 0.25) is 0 Å². The molecule has 5 rings (SSSR count). The lowest BCUT2D eigenvalue weighted by atomic mass is 10.1. The molecule has 2 fully saturated rings. The maximum atomic E-state index is 12.8. The number of thiazole rings is 1. The van der Waals surface area contributed by atoms with Crippen LogP contribution in [0.5, 0.6) is 0 Å². The summed E-state index contributed by atoms with van der Waals surface area (Å²) in [4.78, 5) is 22.3. The molecule has 3 aromatic rings. The summed E-state index contributed by atoms with van der Waals surface area (Å²) in [5.74, 6) is 0.0522. The summed E-state index contributed by atoms with van der Waals surface area (Å²) in [6.07, 6.45) is 4.71. The largest absolute Gasteiger partial charge is 0.371 e. The van der Waals surface area contributed by atoms with Crippen molar-refractivity contribution >= 4 is 38.8 Å². The number of benzene rings is 2. The van der Waals surface area contributed by atoms with E-state index in [1.54, 1.807) is 11.3 Å². The van der Waals surface area contributed by atoms with Gasteiger partial charge in [0.15, 0.2) is 0 Å². The number of nitrogens with one attached hydrogen (secondary N) is 1. The van der Waals surface area contributed by atoms with Crippen molar-refractivity contribution in [1.82, 2.24) is 9.88 Å². The lowest BCUT2D eigenvalue weighted by Crippen LogP contribution is -2.33. The Morgan fingerprint density at radius 2 is 1.97 bits per heavy atom. The summed E-state index contributed by atoms with van der Waals surface area (Å²) in [6, 6.07) is 14.8. The van der Waals surface area contributed by atoms with Crippen molar-refractivity contribution in [2.45, 2.75) is 38.6 Å². The molecular weight excluding hydrogens is 392 g/mol. The monoisotopic (exact) mass is 420 g/mol. The second kappa shape index (κ2) is 8.36. The first-order valence-corrected chi connectivity index (χ1v) is 11.7. The zero-order valence-electron chi connectivity index (χ0n) is 17.4. The highest BCUT2D eigenvalue weighted by Crippen LogP contribution is 2.36. The van der Waals surface area contributed by atoms with Gasteiger partial charge in [-0.3, -0.25) is 9.69 Å². The van der Waals surface area contributed by atoms with Gasteiger partial charge in [-0.25, -0.2) is 4.98 Å². The van der Waals surface area contributed by atoms with Crippen molar-refractivity contribution in [1.29, 1.82) is 0 Å². The summed E-state index contributed by atoms with van der Waals surface area (Å²) in [5, 5.41) is 4.24. The number of aromatic nitrogens is 1. The molecule has 0 spiro atoms. The molecule has 1 N–H and O–H groups in total. The molecule has 2 aromatic carbocycles. The van der Waals surface area contributed by atoms with E-state index in [9.17, 15) is 4.79 Å². The molecule has 1 unspecified atom stereocenters. The van der Waals surface area contributed by atoms with E-state index in [1.165, 1.54) is 28.8 Å². The van der Waals surface area contributed by atoms with Crippen LogP contribution in [0.4, 0.5) is 11.4 Å². The molecule has 6 heteroatoms. The van der Waals surface area contributed by atoms with Crippen molar-refractivity contribution in [3.8, 4) is 0 Å². The van der Waals surface area contributed by atoms with Gasteiger partial charge in [0.25, 0.3) is 0 Å². The van der Waals surface area contributed by atoms with Gasteiger partial charge < -0.3 is 10.2 Å². The van der Waals surface area contributed by atoms with Gasteiger partial charge in [-0.15, -0.1) is 11.3 Å². The van der Waals surface area contributed by atoms with Crippen molar-refractivity contribution < 1.29 is 4.79 Å². The smallest absolute Gasteiger partial charge is 0.238 e. The van der Waals surface area contributed by atoms with E-state index in [0.29, 0.717) is 6.54 Å². The molecule has 156 valence electrons. The van der Waals surface area contributed by atoms with E-state index >= 15 is 0 Å². The number of carbonyl (C=O) groups is 1. The van der Waals surface area contributed by atoms with Gasteiger partial charge in [-0.05, 0) is 75.0 Å². The first-order chi connectivity index (χ1) is 14.7. The normalized spacial score (nSPS) is 19.6. The summed E-state index contributed by atoms with van der Waals surface area (Å²) in [7, 11) is 0. The average molecular weight is 421 g/mol. The van der Waals surface area contributed by atoms with Crippen LogP contribution in [-0.2, 0) is 4.79 Å². The predicted octanol–water partition coefficient (Wildman–Crippen LogP) is 4.98. The molecule has 5 nitrogen and oxygen atoms in total. The van der Waals surface area contributed by atoms with E-state index in [-0.39, 0.29) is 11.9 Å². The molecule has 2 aliphatic heterocycles. The third kappa shape index (κ3) is 3.94. The molecule has 0 bridgehead atoms. The molecule has 30 heavy (non-hydrogen) atoms. The maximum absolute atomic E-state index is 12.8. The zero-order valence-corrected chi connectivity index (χ0v) is 18.3. The SMILES string of the molecule is Cc1cc(NC(=O)CN2CCCC2c2nc3ccccc3s2)ccc1N1CCCC1. The van der Waals surface area contributed by atoms with Crippen LogP contribution in [0.3, 0.4) is 0 Å². The Bertz CT molecular complexity index is 1020. The number of hydrogen-bond donors (Lipinski definition) is 1. The van der Waals surface area contributed by atoms with E-state index in [1.807, 2.05) is 12.1 Å². The van der Waals surface area contributed by atoms with Crippen LogP contribution in [-0.4, -0.2) is 42.0 Å². The summed E-state index contributed by atoms with van der Waals surface area (Å²) < 4.78 is 1.22. The quantitative estimate of drug-likeness (QED) is 0.632. The topological polar surface area (TPSA) is 48.5 Å².